The summed E-state index contributed by atoms with van der Waals surface area (Å²) in [6.45, 7) is 2.07. The predicted octanol–water partition coefficient (Wildman–Crippen LogP) is 4.71. The molecule has 0 atom stereocenters. The van der Waals surface area contributed by atoms with Crippen molar-refractivity contribution in [3.05, 3.63) is 99.7 Å². The molecule has 30 heavy (non-hydrogen) atoms. The Morgan fingerprint density at radius 1 is 1.00 bits per heavy atom. The van der Waals surface area contributed by atoms with Gasteiger partial charge in [-0.15, -0.1) is 0 Å². The number of amides is 1. The van der Waals surface area contributed by atoms with E-state index in [2.05, 4.69) is 5.32 Å². The van der Waals surface area contributed by atoms with E-state index < -0.39 is 0 Å². The fraction of sp³-hybridized carbons (Fsp3) is 0.120. The van der Waals surface area contributed by atoms with Crippen LogP contribution in [0.1, 0.15) is 21.5 Å². The van der Waals surface area contributed by atoms with Gasteiger partial charge in [0, 0.05) is 17.7 Å². The van der Waals surface area contributed by atoms with E-state index in [1.54, 1.807) is 32.2 Å². The van der Waals surface area contributed by atoms with Gasteiger partial charge in [-0.2, -0.15) is 0 Å². The summed E-state index contributed by atoms with van der Waals surface area (Å²) in [5.74, 6) is 0.886. The molecular formula is C25H21NO4. The maximum absolute atomic E-state index is 12.9. The molecule has 1 aromatic heterocycles. The van der Waals surface area contributed by atoms with E-state index >= 15 is 0 Å². The first-order valence-electron chi connectivity index (χ1n) is 9.61. The highest BCUT2D eigenvalue weighted by atomic mass is 16.5. The SMILES string of the molecule is COc1cccc(CNC(=O)c2cccc3c(=O)c(C)c(-c4ccccc4)oc23)c1. The number of methoxy groups -OCH3 is 1. The standard InChI is InChI=1S/C25H21NO4/c1-16-22(27)20-12-7-13-21(24(20)30-23(16)18-9-4-3-5-10-18)25(28)26-15-17-8-6-11-19(14-17)29-2/h3-14H,15H2,1-2H3,(H,26,28). The zero-order valence-electron chi connectivity index (χ0n) is 16.8. The Kier molecular flexibility index (Phi) is 5.35. The fourth-order valence-corrected chi connectivity index (χ4v) is 3.41. The van der Waals surface area contributed by atoms with Crippen LogP contribution in [-0.2, 0) is 6.54 Å². The van der Waals surface area contributed by atoms with Crippen molar-refractivity contribution in [3.63, 3.8) is 0 Å². The van der Waals surface area contributed by atoms with Crippen LogP contribution in [0, 0.1) is 6.92 Å². The molecule has 0 radical (unpaired) electrons. The number of ether oxygens (including phenoxy) is 1. The van der Waals surface area contributed by atoms with Crippen LogP contribution in [0.2, 0.25) is 0 Å². The lowest BCUT2D eigenvalue weighted by Crippen LogP contribution is -2.23. The Labute approximate surface area is 173 Å². The van der Waals surface area contributed by atoms with E-state index in [1.165, 1.54) is 0 Å². The molecule has 5 nitrogen and oxygen atoms in total. The van der Waals surface area contributed by atoms with Gasteiger partial charge in [0.15, 0.2) is 11.0 Å². The van der Waals surface area contributed by atoms with Gasteiger partial charge < -0.3 is 14.5 Å². The van der Waals surface area contributed by atoms with Gasteiger partial charge in [-0.3, -0.25) is 9.59 Å². The van der Waals surface area contributed by atoms with E-state index in [-0.39, 0.29) is 16.9 Å². The third kappa shape index (κ3) is 3.70. The highest BCUT2D eigenvalue weighted by molar-refractivity contribution is 6.05. The van der Waals surface area contributed by atoms with Crippen molar-refractivity contribution in [2.24, 2.45) is 0 Å². The monoisotopic (exact) mass is 399 g/mol. The van der Waals surface area contributed by atoms with E-state index in [0.717, 1.165) is 16.9 Å². The molecule has 0 unspecified atom stereocenters. The van der Waals surface area contributed by atoms with Gasteiger partial charge >= 0.3 is 0 Å². The first-order valence-corrected chi connectivity index (χ1v) is 9.61. The topological polar surface area (TPSA) is 68.5 Å². The number of benzene rings is 3. The zero-order chi connectivity index (χ0) is 21.1. The van der Waals surface area contributed by atoms with Crippen LogP contribution in [0.15, 0.2) is 82.0 Å². The van der Waals surface area contributed by atoms with Crippen LogP contribution in [-0.4, -0.2) is 13.0 Å². The first kappa shape index (κ1) is 19.5. The molecule has 5 heteroatoms. The van der Waals surface area contributed by atoms with E-state index in [4.69, 9.17) is 9.15 Å². The molecule has 4 aromatic rings. The summed E-state index contributed by atoms with van der Waals surface area (Å²) < 4.78 is 11.3. The highest BCUT2D eigenvalue weighted by Gasteiger charge is 2.18. The van der Waals surface area contributed by atoms with Crippen molar-refractivity contribution >= 4 is 16.9 Å². The number of nitrogens with one attached hydrogen (secondary N) is 1. The summed E-state index contributed by atoms with van der Waals surface area (Å²) >= 11 is 0. The molecule has 0 aliphatic heterocycles. The van der Waals surface area contributed by atoms with Crippen LogP contribution < -0.4 is 15.5 Å². The van der Waals surface area contributed by atoms with Crippen LogP contribution in [0.25, 0.3) is 22.3 Å². The van der Waals surface area contributed by atoms with E-state index in [9.17, 15) is 9.59 Å². The molecule has 0 saturated heterocycles. The van der Waals surface area contributed by atoms with Crippen LogP contribution in [0.5, 0.6) is 5.75 Å². The second-order valence-electron chi connectivity index (χ2n) is 6.97. The number of carbonyl (C=O) groups excluding carboxylic acids is 1. The van der Waals surface area contributed by atoms with Gasteiger partial charge in [-0.25, -0.2) is 0 Å². The van der Waals surface area contributed by atoms with Crippen molar-refractivity contribution in [2.75, 3.05) is 7.11 Å². The van der Waals surface area contributed by atoms with Crippen molar-refractivity contribution < 1.29 is 13.9 Å². The second-order valence-corrected chi connectivity index (χ2v) is 6.97. The van der Waals surface area contributed by atoms with Crippen LogP contribution in [0.4, 0.5) is 0 Å². The van der Waals surface area contributed by atoms with E-state index in [1.807, 2.05) is 54.6 Å². The highest BCUT2D eigenvalue weighted by Crippen LogP contribution is 2.27. The lowest BCUT2D eigenvalue weighted by molar-refractivity contribution is 0.0951. The molecule has 0 spiro atoms. The number of para-hydroxylation sites is 1. The zero-order valence-corrected chi connectivity index (χ0v) is 16.8. The van der Waals surface area contributed by atoms with Gasteiger partial charge in [-0.1, -0.05) is 48.5 Å². The molecule has 1 heterocycles. The quantitative estimate of drug-likeness (QED) is 0.528. The largest absolute Gasteiger partial charge is 0.497 e. The lowest BCUT2D eigenvalue weighted by atomic mass is 10.0. The summed E-state index contributed by atoms with van der Waals surface area (Å²) in [7, 11) is 1.60. The summed E-state index contributed by atoms with van der Waals surface area (Å²) in [4.78, 5) is 25.9. The summed E-state index contributed by atoms with van der Waals surface area (Å²) in [5, 5.41) is 3.29. The maximum atomic E-state index is 12.9. The van der Waals surface area contributed by atoms with Gasteiger partial charge in [0.1, 0.15) is 11.5 Å². The molecule has 0 aliphatic carbocycles. The molecule has 3 aromatic carbocycles. The van der Waals surface area contributed by atoms with Gasteiger partial charge in [0.05, 0.1) is 18.1 Å². The minimum Gasteiger partial charge on any atom is -0.497 e. The minimum absolute atomic E-state index is 0.141. The van der Waals surface area contributed by atoms with Crippen molar-refractivity contribution in [1.82, 2.24) is 5.32 Å². The number of hydrogen-bond acceptors (Lipinski definition) is 4. The van der Waals surface area contributed by atoms with Crippen molar-refractivity contribution in [1.29, 1.82) is 0 Å². The lowest BCUT2D eigenvalue weighted by Gasteiger charge is -2.11. The Morgan fingerprint density at radius 3 is 2.53 bits per heavy atom. The first-order chi connectivity index (χ1) is 14.6. The predicted molar refractivity (Wildman–Crippen MR) is 117 cm³/mol. The molecule has 4 rings (SSSR count). The molecule has 1 N–H and O–H groups in total. The maximum Gasteiger partial charge on any atom is 0.255 e. The molecule has 1 amide bonds. The van der Waals surface area contributed by atoms with Crippen LogP contribution >= 0.6 is 0 Å². The third-order valence-electron chi connectivity index (χ3n) is 5.01. The summed E-state index contributed by atoms with van der Waals surface area (Å²) in [6.07, 6.45) is 0. The molecule has 0 fully saturated rings. The number of carbonyl (C=O) groups is 1. The Hall–Kier alpha value is -3.86. The molecule has 0 saturated carbocycles. The van der Waals surface area contributed by atoms with Gasteiger partial charge in [0.2, 0.25) is 0 Å². The molecular weight excluding hydrogens is 378 g/mol. The summed E-state index contributed by atoms with van der Waals surface area (Å²) in [6, 6.07) is 21.9. The van der Waals surface area contributed by atoms with Crippen molar-refractivity contribution in [3.8, 4) is 17.1 Å². The van der Waals surface area contributed by atoms with Crippen LogP contribution in [0.3, 0.4) is 0 Å². The fourth-order valence-electron chi connectivity index (χ4n) is 3.41. The number of fused-ring (bicyclic) bond motifs is 1. The Balaban J connectivity index is 1.72. The minimum atomic E-state index is -0.311. The number of hydrogen-bond donors (Lipinski definition) is 1. The number of rotatable bonds is 5. The smallest absolute Gasteiger partial charge is 0.255 e. The van der Waals surface area contributed by atoms with Gasteiger partial charge in [0.25, 0.3) is 5.91 Å². The van der Waals surface area contributed by atoms with Crippen molar-refractivity contribution in [2.45, 2.75) is 13.5 Å². The van der Waals surface area contributed by atoms with Gasteiger partial charge in [-0.05, 0) is 36.8 Å². The van der Waals surface area contributed by atoms with E-state index in [0.29, 0.717) is 28.8 Å². The second kappa shape index (κ2) is 8.25. The normalized spacial score (nSPS) is 10.7. The molecule has 150 valence electrons. The molecule has 0 aliphatic rings. The molecule has 0 bridgehead atoms. The summed E-state index contributed by atoms with van der Waals surface area (Å²) in [5.41, 5.74) is 2.69. The Morgan fingerprint density at radius 2 is 1.77 bits per heavy atom. The average Bonchev–Trinajstić information content (AvgIpc) is 2.80. The average molecular weight is 399 g/mol. The third-order valence-corrected chi connectivity index (χ3v) is 5.01. The Bertz CT molecular complexity index is 1280.